The molecule has 1 aromatic carbocycles. The number of pyridine rings is 1. The molecule has 0 fully saturated rings. The van der Waals surface area contributed by atoms with Gasteiger partial charge in [-0.1, -0.05) is 15.9 Å². The predicted octanol–water partition coefficient (Wildman–Crippen LogP) is 2.41. The molecule has 0 atom stereocenters. The Morgan fingerprint density at radius 3 is 2.55 bits per heavy atom. The molecule has 0 amide bonds. The van der Waals surface area contributed by atoms with Crippen LogP contribution in [0.4, 0.5) is 5.69 Å². The molecule has 0 bridgehead atoms. The van der Waals surface area contributed by atoms with Crippen molar-refractivity contribution >= 4 is 31.6 Å². The Labute approximate surface area is 126 Å². The van der Waals surface area contributed by atoms with Crippen LogP contribution < -0.4 is 10.5 Å². The second-order valence-electron chi connectivity index (χ2n) is 4.25. The molecule has 20 heavy (non-hydrogen) atoms. The Hall–Kier alpha value is -1.44. The Morgan fingerprint density at radius 2 is 1.95 bits per heavy atom. The number of nitrogens with zero attached hydrogens (tertiary/aromatic N) is 1. The van der Waals surface area contributed by atoms with E-state index in [1.165, 1.54) is 12.4 Å². The number of nitrogens with two attached hydrogens (primary N) is 1. The van der Waals surface area contributed by atoms with Gasteiger partial charge in [0.1, 0.15) is 0 Å². The minimum absolute atomic E-state index is 0.212. The van der Waals surface area contributed by atoms with E-state index in [0.29, 0.717) is 11.3 Å². The second-order valence-corrected chi connectivity index (χ2v) is 6.75. The maximum atomic E-state index is 12.4. The van der Waals surface area contributed by atoms with E-state index >= 15 is 0 Å². The maximum Gasteiger partial charge on any atom is 0.262 e. The molecule has 0 unspecified atom stereocenters. The molecule has 0 spiro atoms. The van der Waals surface area contributed by atoms with Crippen LogP contribution in [0.3, 0.4) is 0 Å². The number of nitrogens with one attached hydrogen (secondary N) is 1. The lowest BCUT2D eigenvalue weighted by atomic mass is 10.1. The van der Waals surface area contributed by atoms with Crippen molar-refractivity contribution in [2.75, 3.05) is 4.72 Å². The van der Waals surface area contributed by atoms with E-state index in [1.54, 1.807) is 25.1 Å². The van der Waals surface area contributed by atoms with Gasteiger partial charge in [0.2, 0.25) is 0 Å². The second kappa shape index (κ2) is 5.90. The third kappa shape index (κ3) is 3.17. The van der Waals surface area contributed by atoms with Crippen molar-refractivity contribution in [3.8, 4) is 0 Å². The van der Waals surface area contributed by atoms with Gasteiger partial charge in [-0.2, -0.15) is 0 Å². The third-order valence-electron chi connectivity index (χ3n) is 2.81. The molecule has 2 aromatic rings. The third-order valence-corrected chi connectivity index (χ3v) is 5.15. The quantitative estimate of drug-likeness (QED) is 0.881. The fourth-order valence-electron chi connectivity index (χ4n) is 1.73. The summed E-state index contributed by atoms with van der Waals surface area (Å²) in [6, 6.07) is 6.59. The zero-order chi connectivity index (χ0) is 14.8. The van der Waals surface area contributed by atoms with Crippen LogP contribution in [0.1, 0.15) is 11.1 Å². The summed E-state index contributed by atoms with van der Waals surface area (Å²) in [4.78, 5) is 4.06. The molecule has 0 aliphatic heterocycles. The SMILES string of the molecule is Cc1c(Br)cc(CN)cc1S(=O)(=O)Nc1ccncc1. The number of benzene rings is 1. The van der Waals surface area contributed by atoms with Gasteiger partial charge in [-0.3, -0.25) is 9.71 Å². The Kier molecular flexibility index (Phi) is 4.42. The standard InChI is InChI=1S/C13H14BrN3O2S/c1-9-12(14)6-10(8-15)7-13(9)20(18,19)17-11-2-4-16-5-3-11/h2-7H,8,15H2,1H3,(H,16,17). The largest absolute Gasteiger partial charge is 0.326 e. The lowest BCUT2D eigenvalue weighted by molar-refractivity contribution is 0.600. The van der Waals surface area contributed by atoms with Crippen LogP contribution in [-0.4, -0.2) is 13.4 Å². The van der Waals surface area contributed by atoms with Crippen LogP contribution in [0.5, 0.6) is 0 Å². The molecule has 1 heterocycles. The first-order valence-corrected chi connectivity index (χ1v) is 8.13. The molecule has 2 rings (SSSR count). The van der Waals surface area contributed by atoms with Crippen molar-refractivity contribution in [1.29, 1.82) is 0 Å². The summed E-state index contributed by atoms with van der Waals surface area (Å²) < 4.78 is 28.1. The van der Waals surface area contributed by atoms with E-state index in [9.17, 15) is 8.42 Å². The first-order chi connectivity index (χ1) is 9.44. The van der Waals surface area contributed by atoms with Gasteiger partial charge in [0, 0.05) is 23.4 Å². The number of anilines is 1. The number of rotatable bonds is 4. The molecular formula is C13H14BrN3O2S. The summed E-state index contributed by atoms with van der Waals surface area (Å²) in [5, 5.41) is 0. The minimum atomic E-state index is -3.66. The number of hydrogen-bond donors (Lipinski definition) is 2. The first-order valence-electron chi connectivity index (χ1n) is 5.86. The molecule has 7 heteroatoms. The number of hydrogen-bond acceptors (Lipinski definition) is 4. The van der Waals surface area contributed by atoms with Crippen molar-refractivity contribution in [2.24, 2.45) is 5.73 Å². The lowest BCUT2D eigenvalue weighted by Crippen LogP contribution is -2.15. The summed E-state index contributed by atoms with van der Waals surface area (Å²) in [6.45, 7) is 2.02. The van der Waals surface area contributed by atoms with Gasteiger partial charge in [-0.05, 0) is 42.3 Å². The van der Waals surface area contributed by atoms with Crippen molar-refractivity contribution in [3.63, 3.8) is 0 Å². The number of aromatic nitrogens is 1. The Morgan fingerprint density at radius 1 is 1.30 bits per heavy atom. The molecule has 5 nitrogen and oxygen atoms in total. The molecule has 0 aliphatic carbocycles. The van der Waals surface area contributed by atoms with E-state index in [-0.39, 0.29) is 11.4 Å². The van der Waals surface area contributed by atoms with Gasteiger partial charge in [-0.25, -0.2) is 8.42 Å². The van der Waals surface area contributed by atoms with Crippen LogP contribution in [0.25, 0.3) is 0 Å². The van der Waals surface area contributed by atoms with Gasteiger partial charge >= 0.3 is 0 Å². The normalized spacial score (nSPS) is 11.3. The number of halogens is 1. The smallest absolute Gasteiger partial charge is 0.262 e. The fourth-order valence-corrected chi connectivity index (χ4v) is 3.75. The summed E-state index contributed by atoms with van der Waals surface area (Å²) in [6.07, 6.45) is 3.05. The Balaban J connectivity index is 2.47. The van der Waals surface area contributed by atoms with Crippen molar-refractivity contribution < 1.29 is 8.42 Å². The van der Waals surface area contributed by atoms with Gasteiger partial charge in [0.15, 0.2) is 0 Å². The summed E-state index contributed by atoms with van der Waals surface area (Å²) in [7, 11) is -3.66. The van der Waals surface area contributed by atoms with Crippen LogP contribution in [0, 0.1) is 6.92 Å². The van der Waals surface area contributed by atoms with Gasteiger partial charge in [-0.15, -0.1) is 0 Å². The van der Waals surface area contributed by atoms with Crippen LogP contribution in [-0.2, 0) is 16.6 Å². The van der Waals surface area contributed by atoms with Gasteiger partial charge in [0.25, 0.3) is 10.0 Å². The van der Waals surface area contributed by atoms with E-state index in [2.05, 4.69) is 25.6 Å². The highest BCUT2D eigenvalue weighted by atomic mass is 79.9. The average Bonchev–Trinajstić information content (AvgIpc) is 2.42. The highest BCUT2D eigenvalue weighted by Gasteiger charge is 2.19. The zero-order valence-corrected chi connectivity index (χ0v) is 13.2. The Bertz CT molecular complexity index is 718. The average molecular weight is 356 g/mol. The molecule has 1 aromatic heterocycles. The van der Waals surface area contributed by atoms with Crippen LogP contribution in [0.2, 0.25) is 0 Å². The molecule has 0 saturated carbocycles. The first kappa shape index (κ1) is 15.0. The maximum absolute atomic E-state index is 12.4. The van der Waals surface area contributed by atoms with E-state index in [1.807, 2.05) is 6.07 Å². The van der Waals surface area contributed by atoms with Crippen LogP contribution in [0.15, 0.2) is 46.0 Å². The summed E-state index contributed by atoms with van der Waals surface area (Å²) >= 11 is 3.36. The zero-order valence-electron chi connectivity index (χ0n) is 10.8. The summed E-state index contributed by atoms with van der Waals surface area (Å²) in [5.41, 5.74) is 7.45. The predicted molar refractivity (Wildman–Crippen MR) is 81.8 cm³/mol. The van der Waals surface area contributed by atoms with Crippen molar-refractivity contribution in [2.45, 2.75) is 18.4 Å². The van der Waals surface area contributed by atoms with Gasteiger partial charge in [0.05, 0.1) is 10.6 Å². The highest BCUT2D eigenvalue weighted by molar-refractivity contribution is 9.10. The van der Waals surface area contributed by atoms with Gasteiger partial charge < -0.3 is 5.73 Å². The fraction of sp³-hybridized carbons (Fsp3) is 0.154. The monoisotopic (exact) mass is 355 g/mol. The van der Waals surface area contributed by atoms with E-state index in [4.69, 9.17) is 5.73 Å². The molecule has 0 aliphatic rings. The van der Waals surface area contributed by atoms with Crippen molar-refractivity contribution in [3.05, 3.63) is 52.3 Å². The molecular weight excluding hydrogens is 342 g/mol. The topological polar surface area (TPSA) is 85.1 Å². The van der Waals surface area contributed by atoms with Crippen LogP contribution >= 0.6 is 15.9 Å². The molecule has 0 saturated heterocycles. The van der Waals surface area contributed by atoms with E-state index in [0.717, 1.165) is 10.0 Å². The highest BCUT2D eigenvalue weighted by Crippen LogP contribution is 2.27. The lowest BCUT2D eigenvalue weighted by Gasteiger charge is -2.13. The van der Waals surface area contributed by atoms with Crippen molar-refractivity contribution in [1.82, 2.24) is 4.98 Å². The summed E-state index contributed by atoms with van der Waals surface area (Å²) in [5.74, 6) is 0. The minimum Gasteiger partial charge on any atom is -0.326 e. The van der Waals surface area contributed by atoms with E-state index < -0.39 is 10.0 Å². The molecule has 3 N–H and O–H groups in total. The molecule has 0 radical (unpaired) electrons. The number of sulfonamides is 1. The molecule has 106 valence electrons.